The summed E-state index contributed by atoms with van der Waals surface area (Å²) in [4.78, 5) is 0. The van der Waals surface area contributed by atoms with Gasteiger partial charge in [-0.3, -0.25) is 0 Å². The average Bonchev–Trinajstić information content (AvgIpc) is 2.98. The number of hydrogen-bond acceptors (Lipinski definition) is 2. The van der Waals surface area contributed by atoms with E-state index in [0.29, 0.717) is 12.0 Å². The van der Waals surface area contributed by atoms with Crippen LogP contribution in [-0.4, -0.2) is 25.8 Å². The highest BCUT2D eigenvalue weighted by molar-refractivity contribution is 5.25. The molecule has 2 rings (SSSR count). The first-order chi connectivity index (χ1) is 10.2. The van der Waals surface area contributed by atoms with E-state index >= 15 is 0 Å². The molecule has 1 aromatic rings. The van der Waals surface area contributed by atoms with Crippen LogP contribution in [0.5, 0.6) is 0 Å². The van der Waals surface area contributed by atoms with Crippen LogP contribution in [0.4, 0.5) is 0 Å². The van der Waals surface area contributed by atoms with Crippen molar-refractivity contribution in [2.24, 2.45) is 5.92 Å². The summed E-state index contributed by atoms with van der Waals surface area (Å²) in [7, 11) is 0. The Labute approximate surface area is 130 Å². The molecule has 21 heavy (non-hydrogen) atoms. The van der Waals surface area contributed by atoms with Gasteiger partial charge < -0.3 is 10.1 Å². The SMILES string of the molecule is CCCNC(Cc1ccc(C(C)C)cc1)CC1CCOC1. The van der Waals surface area contributed by atoms with Crippen LogP contribution >= 0.6 is 0 Å². The van der Waals surface area contributed by atoms with E-state index in [9.17, 15) is 0 Å². The zero-order chi connectivity index (χ0) is 15.1. The minimum atomic E-state index is 0.585. The summed E-state index contributed by atoms with van der Waals surface area (Å²) in [5, 5.41) is 3.73. The molecule has 2 heteroatoms. The molecule has 1 N–H and O–H groups in total. The number of rotatable bonds is 8. The molecular weight excluding hydrogens is 258 g/mol. The van der Waals surface area contributed by atoms with Crippen molar-refractivity contribution in [1.29, 1.82) is 0 Å². The van der Waals surface area contributed by atoms with Crippen LogP contribution in [-0.2, 0) is 11.2 Å². The molecule has 0 saturated carbocycles. The summed E-state index contributed by atoms with van der Waals surface area (Å²) in [6.45, 7) is 9.76. The average molecular weight is 289 g/mol. The predicted molar refractivity (Wildman–Crippen MR) is 89.9 cm³/mol. The Kier molecular flexibility index (Phi) is 6.72. The lowest BCUT2D eigenvalue weighted by molar-refractivity contribution is 0.181. The second kappa shape index (κ2) is 8.55. The Bertz CT molecular complexity index is 393. The first-order valence-corrected chi connectivity index (χ1v) is 8.59. The first-order valence-electron chi connectivity index (χ1n) is 8.59. The normalized spacial score (nSPS) is 20.1. The third-order valence-corrected chi connectivity index (χ3v) is 4.45. The van der Waals surface area contributed by atoms with Gasteiger partial charge in [-0.1, -0.05) is 45.0 Å². The highest BCUT2D eigenvalue weighted by atomic mass is 16.5. The van der Waals surface area contributed by atoms with E-state index in [1.807, 2.05) is 0 Å². The molecule has 1 aliphatic heterocycles. The third-order valence-electron chi connectivity index (χ3n) is 4.45. The monoisotopic (exact) mass is 289 g/mol. The maximum atomic E-state index is 5.53. The summed E-state index contributed by atoms with van der Waals surface area (Å²) in [6.07, 6.45) is 4.81. The van der Waals surface area contributed by atoms with Crippen molar-refractivity contribution in [3.63, 3.8) is 0 Å². The highest BCUT2D eigenvalue weighted by Gasteiger charge is 2.20. The van der Waals surface area contributed by atoms with Crippen molar-refractivity contribution in [1.82, 2.24) is 5.32 Å². The Balaban J connectivity index is 1.92. The van der Waals surface area contributed by atoms with Gasteiger partial charge in [0.15, 0.2) is 0 Å². The zero-order valence-electron chi connectivity index (χ0n) is 13.9. The highest BCUT2D eigenvalue weighted by Crippen LogP contribution is 2.21. The van der Waals surface area contributed by atoms with Crippen molar-refractivity contribution in [2.45, 2.75) is 58.4 Å². The van der Waals surface area contributed by atoms with E-state index in [0.717, 1.165) is 32.1 Å². The molecule has 1 heterocycles. The number of ether oxygens (including phenoxy) is 1. The molecule has 0 radical (unpaired) electrons. The van der Waals surface area contributed by atoms with Gasteiger partial charge in [-0.25, -0.2) is 0 Å². The summed E-state index contributed by atoms with van der Waals surface area (Å²) >= 11 is 0. The Morgan fingerprint density at radius 2 is 2.00 bits per heavy atom. The predicted octanol–water partition coefficient (Wildman–Crippen LogP) is 4.15. The summed E-state index contributed by atoms with van der Waals surface area (Å²) in [5.41, 5.74) is 2.88. The minimum Gasteiger partial charge on any atom is -0.381 e. The van der Waals surface area contributed by atoms with Crippen LogP contribution in [0, 0.1) is 5.92 Å². The van der Waals surface area contributed by atoms with Gasteiger partial charge in [0.05, 0.1) is 0 Å². The quantitative estimate of drug-likeness (QED) is 0.776. The van der Waals surface area contributed by atoms with Gasteiger partial charge in [-0.2, -0.15) is 0 Å². The van der Waals surface area contributed by atoms with E-state index in [1.165, 1.54) is 30.4 Å². The molecule has 1 saturated heterocycles. The molecule has 2 nitrogen and oxygen atoms in total. The van der Waals surface area contributed by atoms with Gasteiger partial charge in [0.2, 0.25) is 0 Å². The molecule has 0 bridgehead atoms. The van der Waals surface area contributed by atoms with Gasteiger partial charge in [0.25, 0.3) is 0 Å². The van der Waals surface area contributed by atoms with Gasteiger partial charge >= 0.3 is 0 Å². The molecule has 0 aliphatic carbocycles. The van der Waals surface area contributed by atoms with E-state index in [-0.39, 0.29) is 0 Å². The molecule has 1 fully saturated rings. The Morgan fingerprint density at radius 1 is 1.24 bits per heavy atom. The molecular formula is C19H31NO. The van der Waals surface area contributed by atoms with Crippen molar-refractivity contribution >= 4 is 0 Å². The van der Waals surface area contributed by atoms with Crippen molar-refractivity contribution < 1.29 is 4.74 Å². The van der Waals surface area contributed by atoms with Gasteiger partial charge in [0, 0.05) is 19.3 Å². The zero-order valence-corrected chi connectivity index (χ0v) is 13.9. The molecule has 0 amide bonds. The van der Waals surface area contributed by atoms with Crippen LogP contribution in [0.3, 0.4) is 0 Å². The Morgan fingerprint density at radius 3 is 2.57 bits per heavy atom. The summed E-state index contributed by atoms with van der Waals surface area (Å²) in [6, 6.07) is 9.77. The molecule has 2 unspecified atom stereocenters. The second-order valence-corrected chi connectivity index (χ2v) is 6.72. The lowest BCUT2D eigenvalue weighted by Gasteiger charge is -2.21. The first kappa shape index (κ1) is 16.5. The van der Waals surface area contributed by atoms with E-state index < -0.39 is 0 Å². The van der Waals surface area contributed by atoms with Gasteiger partial charge in [0.1, 0.15) is 0 Å². The molecule has 0 spiro atoms. The van der Waals surface area contributed by atoms with E-state index in [2.05, 4.69) is 50.4 Å². The number of nitrogens with one attached hydrogen (secondary N) is 1. The van der Waals surface area contributed by atoms with Crippen LogP contribution in [0.2, 0.25) is 0 Å². The summed E-state index contributed by atoms with van der Waals surface area (Å²) in [5.74, 6) is 1.36. The summed E-state index contributed by atoms with van der Waals surface area (Å²) < 4.78 is 5.53. The van der Waals surface area contributed by atoms with E-state index in [1.54, 1.807) is 0 Å². The fourth-order valence-corrected chi connectivity index (χ4v) is 3.08. The lowest BCUT2D eigenvalue weighted by atomic mass is 9.93. The third kappa shape index (κ3) is 5.44. The Hall–Kier alpha value is -0.860. The second-order valence-electron chi connectivity index (χ2n) is 6.72. The molecule has 0 aromatic heterocycles. The molecule has 118 valence electrons. The fraction of sp³-hybridized carbons (Fsp3) is 0.684. The van der Waals surface area contributed by atoms with Crippen LogP contribution < -0.4 is 5.32 Å². The van der Waals surface area contributed by atoms with Gasteiger partial charge in [-0.15, -0.1) is 0 Å². The standard InChI is InChI=1S/C19H31NO/c1-4-10-20-19(13-17-9-11-21-14-17)12-16-5-7-18(8-6-16)15(2)3/h5-8,15,17,19-20H,4,9-14H2,1-3H3. The molecule has 2 atom stereocenters. The van der Waals surface area contributed by atoms with Crippen LogP contribution in [0.1, 0.15) is 57.1 Å². The largest absolute Gasteiger partial charge is 0.381 e. The lowest BCUT2D eigenvalue weighted by Crippen LogP contribution is -2.34. The van der Waals surface area contributed by atoms with Crippen LogP contribution in [0.15, 0.2) is 24.3 Å². The molecule has 1 aromatic carbocycles. The fourth-order valence-electron chi connectivity index (χ4n) is 3.08. The van der Waals surface area contributed by atoms with E-state index in [4.69, 9.17) is 4.74 Å². The minimum absolute atomic E-state index is 0.585. The van der Waals surface area contributed by atoms with Crippen LogP contribution in [0.25, 0.3) is 0 Å². The van der Waals surface area contributed by atoms with Gasteiger partial charge in [-0.05, 0) is 55.2 Å². The topological polar surface area (TPSA) is 21.3 Å². The van der Waals surface area contributed by atoms with Crippen molar-refractivity contribution in [3.05, 3.63) is 35.4 Å². The smallest absolute Gasteiger partial charge is 0.0495 e. The maximum absolute atomic E-state index is 5.53. The number of hydrogen-bond donors (Lipinski definition) is 1. The maximum Gasteiger partial charge on any atom is 0.0495 e. The molecule has 1 aliphatic rings. The van der Waals surface area contributed by atoms with Crippen molar-refractivity contribution in [2.75, 3.05) is 19.8 Å². The number of benzene rings is 1. The van der Waals surface area contributed by atoms with Crippen molar-refractivity contribution in [3.8, 4) is 0 Å².